The van der Waals surface area contributed by atoms with Gasteiger partial charge in [-0.2, -0.15) is 0 Å². The second-order valence-electron chi connectivity index (χ2n) is 2.38. The fourth-order valence-corrected chi connectivity index (χ4v) is 1.34. The second kappa shape index (κ2) is 3.97. The minimum absolute atomic E-state index is 0.525. The maximum atomic E-state index is 5.69. The summed E-state index contributed by atoms with van der Waals surface area (Å²) in [5.74, 6) is 0.574. The van der Waals surface area contributed by atoms with Crippen molar-refractivity contribution in [3.8, 4) is 5.88 Å². The van der Waals surface area contributed by atoms with E-state index >= 15 is 0 Å². The Morgan fingerprint density at radius 2 is 2.17 bits per heavy atom. The predicted octanol–water partition coefficient (Wildman–Crippen LogP) is 2.87. The van der Waals surface area contributed by atoms with Crippen LogP contribution in [-0.4, -0.2) is 12.1 Å². The first-order chi connectivity index (χ1) is 5.65. The molecule has 66 valence electrons. The third-order valence-electron chi connectivity index (χ3n) is 1.57. The molecule has 0 fully saturated rings. The average molecular weight is 206 g/mol. The molecule has 0 atom stereocenters. The van der Waals surface area contributed by atoms with Gasteiger partial charge in [-0.15, -0.1) is 0 Å². The monoisotopic (exact) mass is 205 g/mol. The van der Waals surface area contributed by atoms with Crippen molar-refractivity contribution in [3.05, 3.63) is 23.4 Å². The number of nitrogens with zero attached hydrogens (tertiary/aromatic N) is 1. The van der Waals surface area contributed by atoms with E-state index in [9.17, 15) is 0 Å². The molecule has 0 radical (unpaired) electrons. The van der Waals surface area contributed by atoms with Gasteiger partial charge in [-0.3, -0.25) is 0 Å². The molecule has 0 bridgehead atoms. The molecule has 0 saturated carbocycles. The highest BCUT2D eigenvalue weighted by atomic mass is 35.5. The van der Waals surface area contributed by atoms with Crippen molar-refractivity contribution in [1.82, 2.24) is 4.98 Å². The normalized spacial score (nSPS) is 10.4. The molecule has 0 aliphatic rings. The van der Waals surface area contributed by atoms with Gasteiger partial charge in [0.15, 0.2) is 0 Å². The number of halogens is 2. The van der Waals surface area contributed by atoms with E-state index in [1.807, 2.05) is 6.92 Å². The van der Waals surface area contributed by atoms with Gasteiger partial charge in [0.05, 0.1) is 7.11 Å². The van der Waals surface area contributed by atoms with Crippen LogP contribution in [0.1, 0.15) is 16.0 Å². The number of alkyl halides is 2. The topological polar surface area (TPSA) is 22.1 Å². The average Bonchev–Trinajstić information content (AvgIpc) is 2.03. The lowest BCUT2D eigenvalue weighted by Crippen LogP contribution is -1.93. The summed E-state index contributed by atoms with van der Waals surface area (Å²) in [4.78, 5) is 3.46. The summed E-state index contributed by atoms with van der Waals surface area (Å²) in [5, 5.41) is 0. The van der Waals surface area contributed by atoms with Gasteiger partial charge in [0.1, 0.15) is 4.84 Å². The first kappa shape index (κ1) is 9.62. The maximum Gasteiger partial charge on any atom is 0.213 e. The van der Waals surface area contributed by atoms with E-state index in [0.29, 0.717) is 5.88 Å². The summed E-state index contributed by atoms with van der Waals surface area (Å²) in [5.41, 5.74) is 1.80. The molecule has 1 heterocycles. The van der Waals surface area contributed by atoms with Crippen LogP contribution in [0.5, 0.6) is 5.88 Å². The molecule has 1 rings (SSSR count). The smallest absolute Gasteiger partial charge is 0.213 e. The standard InChI is InChI=1S/C8H9Cl2NO/c1-5-3-7(12-2)11-4-6(5)8(9)10/h3-4,8H,1-2H3. The molecule has 2 nitrogen and oxygen atoms in total. The van der Waals surface area contributed by atoms with E-state index in [0.717, 1.165) is 11.1 Å². The molecule has 0 saturated heterocycles. The molecule has 0 amide bonds. The highest BCUT2D eigenvalue weighted by molar-refractivity contribution is 6.44. The zero-order valence-electron chi connectivity index (χ0n) is 6.84. The van der Waals surface area contributed by atoms with Crippen LogP contribution in [0, 0.1) is 6.92 Å². The predicted molar refractivity (Wildman–Crippen MR) is 50.0 cm³/mol. The Morgan fingerprint density at radius 1 is 1.50 bits per heavy atom. The number of pyridine rings is 1. The largest absolute Gasteiger partial charge is 0.481 e. The SMILES string of the molecule is COc1cc(C)c(C(Cl)Cl)cn1. The number of aryl methyl sites for hydroxylation is 1. The summed E-state index contributed by atoms with van der Waals surface area (Å²) < 4.78 is 4.93. The van der Waals surface area contributed by atoms with Crippen molar-refractivity contribution in [2.45, 2.75) is 11.8 Å². The van der Waals surface area contributed by atoms with Crippen molar-refractivity contribution in [1.29, 1.82) is 0 Å². The van der Waals surface area contributed by atoms with Gasteiger partial charge in [-0.05, 0) is 12.5 Å². The van der Waals surface area contributed by atoms with Crippen LogP contribution in [-0.2, 0) is 0 Å². The van der Waals surface area contributed by atoms with Crippen molar-refractivity contribution >= 4 is 23.2 Å². The molecular formula is C8H9Cl2NO. The van der Waals surface area contributed by atoms with Gasteiger partial charge >= 0.3 is 0 Å². The first-order valence-corrected chi connectivity index (χ1v) is 4.31. The summed E-state index contributed by atoms with van der Waals surface area (Å²) >= 11 is 11.4. The molecule has 0 aromatic carbocycles. The Morgan fingerprint density at radius 3 is 2.58 bits per heavy atom. The number of ether oxygens (including phenoxy) is 1. The van der Waals surface area contributed by atoms with Crippen LogP contribution in [0.15, 0.2) is 12.3 Å². The summed E-state index contributed by atoms with van der Waals surface area (Å²) in [6, 6.07) is 1.80. The van der Waals surface area contributed by atoms with Crippen LogP contribution in [0.4, 0.5) is 0 Å². The van der Waals surface area contributed by atoms with Gasteiger partial charge in [-0.1, -0.05) is 23.2 Å². The number of aromatic nitrogens is 1. The van der Waals surface area contributed by atoms with Gasteiger partial charge in [-0.25, -0.2) is 4.98 Å². The highest BCUT2D eigenvalue weighted by Crippen LogP contribution is 2.28. The van der Waals surface area contributed by atoms with E-state index in [-0.39, 0.29) is 0 Å². The molecule has 1 aromatic heterocycles. The van der Waals surface area contributed by atoms with Gasteiger partial charge in [0, 0.05) is 17.8 Å². The van der Waals surface area contributed by atoms with Crippen molar-refractivity contribution in [2.75, 3.05) is 7.11 Å². The quantitative estimate of drug-likeness (QED) is 0.694. The molecule has 0 N–H and O–H groups in total. The number of hydrogen-bond acceptors (Lipinski definition) is 2. The minimum Gasteiger partial charge on any atom is -0.481 e. The van der Waals surface area contributed by atoms with Crippen LogP contribution < -0.4 is 4.74 Å². The minimum atomic E-state index is -0.525. The Hall–Kier alpha value is -0.470. The lowest BCUT2D eigenvalue weighted by Gasteiger charge is -2.06. The van der Waals surface area contributed by atoms with Crippen LogP contribution in [0.2, 0.25) is 0 Å². The van der Waals surface area contributed by atoms with E-state index < -0.39 is 4.84 Å². The Bertz CT molecular complexity index is 276. The van der Waals surface area contributed by atoms with E-state index in [1.165, 1.54) is 0 Å². The van der Waals surface area contributed by atoms with Crippen molar-refractivity contribution in [3.63, 3.8) is 0 Å². The van der Waals surface area contributed by atoms with Crippen LogP contribution >= 0.6 is 23.2 Å². The van der Waals surface area contributed by atoms with Gasteiger partial charge in [0.25, 0.3) is 0 Å². The number of hydrogen-bond donors (Lipinski definition) is 0. The number of rotatable bonds is 2. The molecule has 12 heavy (non-hydrogen) atoms. The summed E-state index contributed by atoms with van der Waals surface area (Å²) in [7, 11) is 1.57. The molecule has 4 heteroatoms. The van der Waals surface area contributed by atoms with Crippen LogP contribution in [0.25, 0.3) is 0 Å². The third-order valence-corrected chi connectivity index (χ3v) is 2.04. The van der Waals surface area contributed by atoms with E-state index in [4.69, 9.17) is 27.9 Å². The zero-order valence-corrected chi connectivity index (χ0v) is 8.36. The lowest BCUT2D eigenvalue weighted by atomic mass is 10.2. The lowest BCUT2D eigenvalue weighted by molar-refractivity contribution is 0.397. The molecule has 0 aliphatic carbocycles. The van der Waals surface area contributed by atoms with Crippen molar-refractivity contribution in [2.24, 2.45) is 0 Å². The zero-order chi connectivity index (χ0) is 9.14. The Labute approximate surface area is 81.5 Å². The molecule has 1 aromatic rings. The van der Waals surface area contributed by atoms with E-state index in [2.05, 4.69) is 4.98 Å². The number of methoxy groups -OCH3 is 1. The maximum absolute atomic E-state index is 5.69. The molecule has 0 unspecified atom stereocenters. The summed E-state index contributed by atoms with van der Waals surface area (Å²) in [6.45, 7) is 1.91. The van der Waals surface area contributed by atoms with Crippen LogP contribution in [0.3, 0.4) is 0 Å². The Kier molecular flexibility index (Phi) is 3.18. The Balaban J connectivity index is 3.03. The van der Waals surface area contributed by atoms with Gasteiger partial charge in [0.2, 0.25) is 5.88 Å². The molecule has 0 spiro atoms. The first-order valence-electron chi connectivity index (χ1n) is 3.44. The highest BCUT2D eigenvalue weighted by Gasteiger charge is 2.08. The fraction of sp³-hybridized carbons (Fsp3) is 0.375. The molecular weight excluding hydrogens is 197 g/mol. The molecule has 0 aliphatic heterocycles. The third kappa shape index (κ3) is 2.02. The summed E-state index contributed by atoms with van der Waals surface area (Å²) in [6.07, 6.45) is 1.62. The van der Waals surface area contributed by atoms with Gasteiger partial charge < -0.3 is 4.74 Å². The second-order valence-corrected chi connectivity index (χ2v) is 3.48. The van der Waals surface area contributed by atoms with E-state index in [1.54, 1.807) is 19.4 Å². The fourth-order valence-electron chi connectivity index (χ4n) is 0.881. The van der Waals surface area contributed by atoms with Crippen molar-refractivity contribution < 1.29 is 4.74 Å².